The molecule has 0 radical (unpaired) electrons. The van der Waals surface area contributed by atoms with Gasteiger partial charge < -0.3 is 29.9 Å². The Kier molecular flexibility index (Phi) is 7.82. The molecule has 114 valence electrons. The van der Waals surface area contributed by atoms with Gasteiger partial charge in [0.2, 0.25) is 0 Å². The number of rotatable bonds is 8. The molecule has 0 aromatic rings. The van der Waals surface area contributed by atoms with Crippen molar-refractivity contribution in [2.75, 3.05) is 13.2 Å². The van der Waals surface area contributed by atoms with E-state index in [2.05, 4.69) is 6.92 Å². The molecule has 0 bridgehead atoms. The lowest BCUT2D eigenvalue weighted by atomic mass is 9.99. The molecule has 0 spiro atoms. The molecule has 1 saturated heterocycles. The summed E-state index contributed by atoms with van der Waals surface area (Å²) < 4.78 is 10.6. The number of hydrogen-bond acceptors (Lipinski definition) is 6. The molecule has 1 fully saturated rings. The standard InChI is InChI=1S/C13H26O6/c1-2-3-4-5-6-7-18-13-12(17)11(16)10(15)9(8-14)19-13/h9-17H,2-8H2,1H3/t9?,10-,11?,12?,13+/m1/s1. The number of unbranched alkanes of at least 4 members (excludes halogenated alkanes) is 4. The van der Waals surface area contributed by atoms with Crippen LogP contribution in [0.4, 0.5) is 0 Å². The lowest BCUT2D eigenvalue weighted by Gasteiger charge is -2.39. The number of ether oxygens (including phenoxy) is 2. The van der Waals surface area contributed by atoms with Crippen LogP contribution in [-0.2, 0) is 9.47 Å². The molecule has 4 N–H and O–H groups in total. The highest BCUT2D eigenvalue weighted by molar-refractivity contribution is 4.88. The maximum absolute atomic E-state index is 9.72. The molecule has 6 heteroatoms. The van der Waals surface area contributed by atoms with E-state index in [1.54, 1.807) is 0 Å². The SMILES string of the molecule is CCCCCCCO[C@H]1OC(CO)[C@@H](O)C(O)C1O. The van der Waals surface area contributed by atoms with Crippen molar-refractivity contribution in [3.05, 3.63) is 0 Å². The summed E-state index contributed by atoms with van der Waals surface area (Å²) in [6.45, 7) is 2.14. The molecule has 19 heavy (non-hydrogen) atoms. The highest BCUT2D eigenvalue weighted by Gasteiger charge is 2.43. The van der Waals surface area contributed by atoms with Crippen LogP contribution in [0, 0.1) is 0 Å². The minimum absolute atomic E-state index is 0.423. The Morgan fingerprint density at radius 3 is 2.26 bits per heavy atom. The van der Waals surface area contributed by atoms with Gasteiger partial charge >= 0.3 is 0 Å². The number of aliphatic hydroxyl groups is 4. The molecule has 1 aliphatic heterocycles. The fourth-order valence-electron chi connectivity index (χ4n) is 2.11. The molecule has 0 saturated carbocycles. The maximum atomic E-state index is 9.72. The van der Waals surface area contributed by atoms with E-state index >= 15 is 0 Å². The quantitative estimate of drug-likeness (QED) is 0.458. The zero-order chi connectivity index (χ0) is 14.3. The van der Waals surface area contributed by atoms with Gasteiger partial charge in [-0.25, -0.2) is 0 Å². The summed E-state index contributed by atoms with van der Waals surface area (Å²) in [5.41, 5.74) is 0. The first kappa shape index (κ1) is 16.8. The molecule has 5 atom stereocenters. The summed E-state index contributed by atoms with van der Waals surface area (Å²) in [5.74, 6) is 0. The smallest absolute Gasteiger partial charge is 0.186 e. The molecule has 1 rings (SSSR count). The zero-order valence-corrected chi connectivity index (χ0v) is 11.4. The van der Waals surface area contributed by atoms with Crippen LogP contribution in [0.5, 0.6) is 0 Å². The Labute approximate surface area is 114 Å². The number of aliphatic hydroxyl groups excluding tert-OH is 4. The molecule has 0 aromatic carbocycles. The summed E-state index contributed by atoms with van der Waals surface area (Å²) in [6, 6.07) is 0. The number of hydrogen-bond donors (Lipinski definition) is 4. The second-order valence-electron chi connectivity index (χ2n) is 4.98. The minimum atomic E-state index is -1.36. The molecule has 1 heterocycles. The van der Waals surface area contributed by atoms with E-state index in [1.165, 1.54) is 12.8 Å². The average Bonchev–Trinajstić information content (AvgIpc) is 2.42. The van der Waals surface area contributed by atoms with E-state index in [9.17, 15) is 15.3 Å². The molecule has 0 aromatic heterocycles. The zero-order valence-electron chi connectivity index (χ0n) is 11.4. The minimum Gasteiger partial charge on any atom is -0.394 e. The maximum Gasteiger partial charge on any atom is 0.186 e. The predicted octanol–water partition coefficient (Wildman–Crippen LogP) is -0.227. The van der Waals surface area contributed by atoms with Gasteiger partial charge in [-0.15, -0.1) is 0 Å². The first-order valence-corrected chi connectivity index (χ1v) is 7.04. The van der Waals surface area contributed by atoms with Gasteiger partial charge in [0.1, 0.15) is 24.4 Å². The summed E-state index contributed by atoms with van der Waals surface area (Å²) in [4.78, 5) is 0. The van der Waals surface area contributed by atoms with Gasteiger partial charge in [0, 0.05) is 6.61 Å². The van der Waals surface area contributed by atoms with Crippen molar-refractivity contribution in [3.8, 4) is 0 Å². The lowest BCUT2D eigenvalue weighted by molar-refractivity contribution is -0.301. The van der Waals surface area contributed by atoms with Crippen LogP contribution in [0.25, 0.3) is 0 Å². The van der Waals surface area contributed by atoms with E-state index in [0.29, 0.717) is 6.61 Å². The van der Waals surface area contributed by atoms with Crippen LogP contribution in [-0.4, -0.2) is 64.3 Å². The lowest BCUT2D eigenvalue weighted by Crippen LogP contribution is -2.59. The van der Waals surface area contributed by atoms with Crippen LogP contribution in [0.2, 0.25) is 0 Å². The molecule has 0 amide bonds. The van der Waals surface area contributed by atoms with Crippen LogP contribution < -0.4 is 0 Å². The van der Waals surface area contributed by atoms with Crippen LogP contribution >= 0.6 is 0 Å². The normalized spacial score (nSPS) is 35.5. The van der Waals surface area contributed by atoms with Gasteiger partial charge in [-0.05, 0) is 6.42 Å². The second kappa shape index (κ2) is 8.84. The van der Waals surface area contributed by atoms with Gasteiger partial charge in [0.05, 0.1) is 6.61 Å². The van der Waals surface area contributed by atoms with Crippen LogP contribution in [0.15, 0.2) is 0 Å². The third-order valence-corrected chi connectivity index (χ3v) is 3.38. The van der Waals surface area contributed by atoms with E-state index < -0.39 is 37.3 Å². The van der Waals surface area contributed by atoms with Gasteiger partial charge in [-0.3, -0.25) is 0 Å². The van der Waals surface area contributed by atoms with Crippen LogP contribution in [0.3, 0.4) is 0 Å². The molecule has 0 aliphatic carbocycles. The van der Waals surface area contributed by atoms with Crippen molar-refractivity contribution >= 4 is 0 Å². The van der Waals surface area contributed by atoms with Gasteiger partial charge in [0.25, 0.3) is 0 Å². The highest BCUT2D eigenvalue weighted by Crippen LogP contribution is 2.22. The van der Waals surface area contributed by atoms with Gasteiger partial charge in [0.15, 0.2) is 6.29 Å². The van der Waals surface area contributed by atoms with Gasteiger partial charge in [-0.2, -0.15) is 0 Å². The van der Waals surface area contributed by atoms with E-state index in [1.807, 2.05) is 0 Å². The fourth-order valence-corrected chi connectivity index (χ4v) is 2.11. The van der Waals surface area contributed by atoms with Crippen molar-refractivity contribution in [3.63, 3.8) is 0 Å². The van der Waals surface area contributed by atoms with Crippen molar-refractivity contribution in [1.29, 1.82) is 0 Å². The van der Waals surface area contributed by atoms with Crippen molar-refractivity contribution in [2.24, 2.45) is 0 Å². The second-order valence-corrected chi connectivity index (χ2v) is 4.98. The Morgan fingerprint density at radius 2 is 1.63 bits per heavy atom. The summed E-state index contributed by atoms with van der Waals surface area (Å²) >= 11 is 0. The largest absolute Gasteiger partial charge is 0.394 e. The Bertz CT molecular complexity index is 235. The molecule has 6 nitrogen and oxygen atoms in total. The van der Waals surface area contributed by atoms with Crippen molar-refractivity contribution < 1.29 is 29.9 Å². The highest BCUT2D eigenvalue weighted by atomic mass is 16.7. The summed E-state index contributed by atoms with van der Waals surface area (Å²) in [6.07, 6.45) is -0.471. The molecular formula is C13H26O6. The fraction of sp³-hybridized carbons (Fsp3) is 1.00. The van der Waals surface area contributed by atoms with Gasteiger partial charge in [-0.1, -0.05) is 32.6 Å². The van der Waals surface area contributed by atoms with Crippen LogP contribution in [0.1, 0.15) is 39.0 Å². The Balaban J connectivity index is 2.28. The first-order chi connectivity index (χ1) is 9.11. The summed E-state index contributed by atoms with van der Waals surface area (Å²) in [7, 11) is 0. The average molecular weight is 278 g/mol. The third kappa shape index (κ3) is 4.98. The Morgan fingerprint density at radius 1 is 0.947 bits per heavy atom. The van der Waals surface area contributed by atoms with E-state index in [4.69, 9.17) is 14.6 Å². The Hall–Kier alpha value is -0.240. The van der Waals surface area contributed by atoms with Crippen molar-refractivity contribution in [1.82, 2.24) is 0 Å². The topological polar surface area (TPSA) is 99.4 Å². The third-order valence-electron chi connectivity index (χ3n) is 3.38. The first-order valence-electron chi connectivity index (χ1n) is 7.04. The predicted molar refractivity (Wildman–Crippen MR) is 68.5 cm³/mol. The molecule has 3 unspecified atom stereocenters. The molecule has 1 aliphatic rings. The summed E-state index contributed by atoms with van der Waals surface area (Å²) in [5, 5.41) is 37.9. The molecular weight excluding hydrogens is 252 g/mol. The monoisotopic (exact) mass is 278 g/mol. The van der Waals surface area contributed by atoms with E-state index in [-0.39, 0.29) is 0 Å². The van der Waals surface area contributed by atoms with E-state index in [0.717, 1.165) is 19.3 Å². The van der Waals surface area contributed by atoms with Crippen molar-refractivity contribution in [2.45, 2.75) is 69.7 Å².